The Kier molecular flexibility index (Phi) is 4.15. The summed E-state index contributed by atoms with van der Waals surface area (Å²) in [6.07, 6.45) is 0. The Balaban J connectivity index is 4.10. The van der Waals surface area contributed by atoms with E-state index < -0.39 is 15.8 Å². The van der Waals surface area contributed by atoms with Crippen LogP contribution in [0.2, 0.25) is 0 Å². The maximum Gasteiger partial charge on any atom is 0.397 e. The van der Waals surface area contributed by atoms with Crippen molar-refractivity contribution in [2.24, 2.45) is 10.5 Å². The van der Waals surface area contributed by atoms with Crippen LogP contribution in [0.1, 0.15) is 13.8 Å². The molecule has 0 aromatic heterocycles. The van der Waals surface area contributed by atoms with Crippen molar-refractivity contribution in [3.05, 3.63) is 10.4 Å². The number of azide groups is 1. The third-order valence-electron chi connectivity index (χ3n) is 1.16. The zero-order chi connectivity index (χ0) is 10.5. The van der Waals surface area contributed by atoms with E-state index in [0.717, 1.165) is 0 Å². The monoisotopic (exact) mass is 209 g/mol. The van der Waals surface area contributed by atoms with Crippen LogP contribution in [-0.4, -0.2) is 26.1 Å². The predicted octanol–water partition coefficient (Wildman–Crippen LogP) is 1.14. The van der Waals surface area contributed by atoms with Crippen molar-refractivity contribution in [3.63, 3.8) is 0 Å². The molecule has 8 heteroatoms. The Morgan fingerprint density at radius 1 is 1.62 bits per heavy atom. The van der Waals surface area contributed by atoms with Crippen molar-refractivity contribution in [1.82, 2.24) is 0 Å². The predicted molar refractivity (Wildman–Crippen MR) is 45.3 cm³/mol. The fraction of sp³-hybridized carbons (Fsp3) is 1.00. The van der Waals surface area contributed by atoms with E-state index in [1.54, 1.807) is 13.8 Å². The van der Waals surface area contributed by atoms with E-state index in [4.69, 9.17) is 10.1 Å². The molecule has 0 amide bonds. The van der Waals surface area contributed by atoms with Crippen molar-refractivity contribution < 1.29 is 17.2 Å². The second-order valence-corrected chi connectivity index (χ2v) is 4.33. The van der Waals surface area contributed by atoms with Crippen LogP contribution in [0, 0.1) is 5.41 Å². The van der Waals surface area contributed by atoms with Gasteiger partial charge >= 0.3 is 10.4 Å². The summed E-state index contributed by atoms with van der Waals surface area (Å²) >= 11 is 0. The van der Waals surface area contributed by atoms with Gasteiger partial charge in [-0.3, -0.25) is 4.55 Å². The second-order valence-electron chi connectivity index (χ2n) is 3.24. The standard InChI is InChI=1S/C5H11N3O4S/c1-5(2,3-7-8-6)4-12-13(9,10)11/h3-4H2,1-2H3,(H,9,10,11). The van der Waals surface area contributed by atoms with Gasteiger partial charge in [-0.15, -0.1) is 0 Å². The third kappa shape index (κ3) is 7.54. The van der Waals surface area contributed by atoms with E-state index in [-0.39, 0.29) is 13.2 Å². The van der Waals surface area contributed by atoms with Gasteiger partial charge in [0, 0.05) is 11.5 Å². The van der Waals surface area contributed by atoms with Crippen LogP contribution in [0.3, 0.4) is 0 Å². The molecule has 76 valence electrons. The molecule has 0 saturated carbocycles. The van der Waals surface area contributed by atoms with E-state index in [0.29, 0.717) is 0 Å². The van der Waals surface area contributed by atoms with Gasteiger partial charge in [0.1, 0.15) is 0 Å². The summed E-state index contributed by atoms with van der Waals surface area (Å²) in [5.41, 5.74) is 7.38. The largest absolute Gasteiger partial charge is 0.397 e. The van der Waals surface area contributed by atoms with Gasteiger partial charge in [0.05, 0.1) is 6.61 Å². The Hall–Kier alpha value is -0.820. The first-order chi connectivity index (χ1) is 5.77. The van der Waals surface area contributed by atoms with E-state index >= 15 is 0 Å². The van der Waals surface area contributed by atoms with Crippen LogP contribution < -0.4 is 0 Å². The zero-order valence-electron chi connectivity index (χ0n) is 7.34. The molecule has 1 N–H and O–H groups in total. The number of hydrogen-bond acceptors (Lipinski definition) is 4. The molecule has 0 aliphatic carbocycles. The maximum atomic E-state index is 10.2. The van der Waals surface area contributed by atoms with E-state index in [1.807, 2.05) is 0 Å². The molecule has 0 saturated heterocycles. The molecule has 13 heavy (non-hydrogen) atoms. The lowest BCUT2D eigenvalue weighted by molar-refractivity contribution is 0.172. The van der Waals surface area contributed by atoms with Crippen molar-refractivity contribution in [2.45, 2.75) is 13.8 Å². The van der Waals surface area contributed by atoms with Gasteiger partial charge in [0.2, 0.25) is 0 Å². The minimum absolute atomic E-state index is 0.0962. The molecular formula is C5H11N3O4S. The summed E-state index contributed by atoms with van der Waals surface area (Å²) in [7, 11) is -4.42. The van der Waals surface area contributed by atoms with Crippen LogP contribution >= 0.6 is 0 Å². The minimum Gasteiger partial charge on any atom is -0.264 e. The number of rotatable bonds is 5. The van der Waals surface area contributed by atoms with Crippen LogP contribution in [0.4, 0.5) is 0 Å². The first kappa shape index (κ1) is 12.2. The molecule has 0 rings (SSSR count). The Bertz CT molecular complexity index is 304. The molecule has 0 atom stereocenters. The van der Waals surface area contributed by atoms with E-state index in [9.17, 15) is 8.42 Å². The second kappa shape index (κ2) is 4.43. The summed E-state index contributed by atoms with van der Waals surface area (Å²) in [5.74, 6) is 0. The van der Waals surface area contributed by atoms with Crippen molar-refractivity contribution in [3.8, 4) is 0 Å². The molecule has 0 aromatic carbocycles. The number of hydrogen-bond donors (Lipinski definition) is 1. The quantitative estimate of drug-likeness (QED) is 0.316. The summed E-state index contributed by atoms with van der Waals surface area (Å²) in [6, 6.07) is 0. The van der Waals surface area contributed by atoms with Gasteiger partial charge in [-0.05, 0) is 10.9 Å². The van der Waals surface area contributed by atoms with Gasteiger partial charge < -0.3 is 0 Å². The average molecular weight is 209 g/mol. The number of nitrogens with zero attached hydrogens (tertiary/aromatic N) is 3. The molecule has 7 nitrogen and oxygen atoms in total. The topological polar surface area (TPSA) is 112 Å². The fourth-order valence-electron chi connectivity index (χ4n) is 0.503. The highest BCUT2D eigenvalue weighted by molar-refractivity contribution is 7.80. The summed E-state index contributed by atoms with van der Waals surface area (Å²) < 4.78 is 32.8. The normalized spacial score (nSPS) is 12.2. The first-order valence-electron chi connectivity index (χ1n) is 3.39. The molecule has 0 spiro atoms. The van der Waals surface area contributed by atoms with Crippen molar-refractivity contribution in [2.75, 3.05) is 13.2 Å². The first-order valence-corrected chi connectivity index (χ1v) is 4.76. The van der Waals surface area contributed by atoms with Gasteiger partial charge in [-0.1, -0.05) is 19.0 Å². The average Bonchev–Trinajstić information content (AvgIpc) is 1.97. The summed E-state index contributed by atoms with van der Waals surface area (Å²) in [5, 5.41) is 3.27. The Morgan fingerprint density at radius 3 is 2.54 bits per heavy atom. The smallest absolute Gasteiger partial charge is 0.264 e. The highest BCUT2D eigenvalue weighted by atomic mass is 32.3. The zero-order valence-corrected chi connectivity index (χ0v) is 8.15. The molecule has 0 radical (unpaired) electrons. The van der Waals surface area contributed by atoms with Gasteiger partial charge in [-0.25, -0.2) is 4.18 Å². The van der Waals surface area contributed by atoms with Crippen molar-refractivity contribution in [1.29, 1.82) is 0 Å². The van der Waals surface area contributed by atoms with E-state index in [2.05, 4.69) is 14.2 Å². The molecule has 0 fully saturated rings. The lowest BCUT2D eigenvalue weighted by Gasteiger charge is -2.19. The third-order valence-corrected chi connectivity index (χ3v) is 1.58. The van der Waals surface area contributed by atoms with Gasteiger partial charge in [0.25, 0.3) is 0 Å². The maximum absolute atomic E-state index is 10.2. The van der Waals surface area contributed by atoms with Crippen molar-refractivity contribution >= 4 is 10.4 Å². The van der Waals surface area contributed by atoms with E-state index in [1.165, 1.54) is 0 Å². The highest BCUT2D eigenvalue weighted by Crippen LogP contribution is 2.16. The lowest BCUT2D eigenvalue weighted by atomic mass is 9.96. The van der Waals surface area contributed by atoms with Crippen LogP contribution in [-0.2, 0) is 14.6 Å². The molecule has 0 unspecified atom stereocenters. The summed E-state index contributed by atoms with van der Waals surface area (Å²) in [4.78, 5) is 2.52. The molecular weight excluding hydrogens is 198 g/mol. The van der Waals surface area contributed by atoms with Crippen LogP contribution in [0.25, 0.3) is 10.4 Å². The van der Waals surface area contributed by atoms with Crippen LogP contribution in [0.15, 0.2) is 5.11 Å². The minimum atomic E-state index is -4.42. The lowest BCUT2D eigenvalue weighted by Crippen LogP contribution is -2.24. The fourth-order valence-corrected chi connectivity index (χ4v) is 0.971. The molecule has 0 aliphatic heterocycles. The summed E-state index contributed by atoms with van der Waals surface area (Å²) in [6.45, 7) is 3.16. The molecule has 0 heterocycles. The SMILES string of the molecule is CC(C)(CN=[N+]=[N-])COS(=O)(=O)O. The van der Waals surface area contributed by atoms with Gasteiger partial charge in [0.15, 0.2) is 0 Å². The molecule has 0 aliphatic rings. The van der Waals surface area contributed by atoms with Gasteiger partial charge in [-0.2, -0.15) is 8.42 Å². The molecule has 0 bridgehead atoms. The molecule has 0 aromatic rings. The Morgan fingerprint density at radius 2 is 2.15 bits per heavy atom. The highest BCUT2D eigenvalue weighted by Gasteiger charge is 2.20. The van der Waals surface area contributed by atoms with Crippen LogP contribution in [0.5, 0.6) is 0 Å². The Labute approximate surface area is 76.3 Å².